The van der Waals surface area contributed by atoms with Crippen molar-refractivity contribution in [2.45, 2.75) is 26.2 Å². The molecule has 0 saturated heterocycles. The monoisotopic (exact) mass is 432 g/mol. The number of ether oxygens (including phenoxy) is 1. The zero-order chi connectivity index (χ0) is 23.0. The summed E-state index contributed by atoms with van der Waals surface area (Å²) >= 11 is 0. The second-order valence-electron chi connectivity index (χ2n) is 8.63. The lowest BCUT2D eigenvalue weighted by Gasteiger charge is -2.15. The molecule has 162 valence electrons. The molecule has 5 rings (SSSR count). The third-order valence-electron chi connectivity index (χ3n) is 6.03. The van der Waals surface area contributed by atoms with Gasteiger partial charge in [-0.15, -0.1) is 0 Å². The second-order valence-corrected chi connectivity index (χ2v) is 8.63. The van der Waals surface area contributed by atoms with Crippen molar-refractivity contribution in [1.29, 1.82) is 5.26 Å². The average molecular weight is 433 g/mol. The number of benzene rings is 3. The number of nitriles is 1. The van der Waals surface area contributed by atoms with Gasteiger partial charge in [-0.2, -0.15) is 10.4 Å². The Balaban J connectivity index is 1.66. The van der Waals surface area contributed by atoms with E-state index in [0.29, 0.717) is 6.61 Å². The maximum absolute atomic E-state index is 9.45. The van der Waals surface area contributed by atoms with Crippen molar-refractivity contribution >= 4 is 21.8 Å². The number of nitrogens with one attached hydrogen (secondary N) is 1. The number of nitrogens with zero attached hydrogens (tertiary/aromatic N) is 3. The van der Waals surface area contributed by atoms with Gasteiger partial charge in [0.15, 0.2) is 0 Å². The molecule has 33 heavy (non-hydrogen) atoms. The Hall–Kier alpha value is -4.17. The molecule has 0 spiro atoms. The summed E-state index contributed by atoms with van der Waals surface area (Å²) in [4.78, 5) is 4.62. The van der Waals surface area contributed by atoms with Crippen LogP contribution in [0.4, 0.5) is 0 Å². The van der Waals surface area contributed by atoms with Crippen molar-refractivity contribution < 1.29 is 4.74 Å². The first kappa shape index (κ1) is 20.7. The molecular formula is C28H24N4O. The van der Waals surface area contributed by atoms with Gasteiger partial charge in [0, 0.05) is 16.3 Å². The molecule has 0 atom stereocenters. The first-order valence-corrected chi connectivity index (χ1v) is 11.0. The number of pyridine rings is 1. The third-order valence-corrected chi connectivity index (χ3v) is 6.03. The molecule has 5 aromatic rings. The number of hydrogen-bond acceptors (Lipinski definition) is 4. The van der Waals surface area contributed by atoms with E-state index >= 15 is 0 Å². The van der Waals surface area contributed by atoms with Crippen molar-refractivity contribution in [2.75, 3.05) is 6.61 Å². The average Bonchev–Trinajstić information content (AvgIpc) is 3.29. The second kappa shape index (κ2) is 8.07. The number of H-pyrrole nitrogens is 1. The van der Waals surface area contributed by atoms with Crippen LogP contribution in [-0.2, 0) is 5.41 Å². The molecule has 0 bridgehead atoms. The van der Waals surface area contributed by atoms with E-state index in [4.69, 9.17) is 4.74 Å². The highest BCUT2D eigenvalue weighted by atomic mass is 16.5. The Morgan fingerprint density at radius 1 is 0.970 bits per heavy atom. The summed E-state index contributed by atoms with van der Waals surface area (Å²) in [5.41, 5.74) is 6.31. The molecule has 0 fully saturated rings. The third kappa shape index (κ3) is 3.70. The van der Waals surface area contributed by atoms with Crippen LogP contribution in [0.3, 0.4) is 0 Å². The van der Waals surface area contributed by atoms with Crippen LogP contribution in [0.2, 0.25) is 0 Å². The molecule has 0 unspecified atom stereocenters. The van der Waals surface area contributed by atoms with Gasteiger partial charge in [0.2, 0.25) is 0 Å². The fourth-order valence-corrected chi connectivity index (χ4v) is 4.13. The molecule has 0 radical (unpaired) electrons. The van der Waals surface area contributed by atoms with Gasteiger partial charge in [-0.1, -0.05) is 42.5 Å². The summed E-state index contributed by atoms with van der Waals surface area (Å²) in [5, 5.41) is 19.3. The van der Waals surface area contributed by atoms with E-state index in [1.54, 1.807) is 0 Å². The minimum absolute atomic E-state index is 0.534. The molecule has 0 amide bonds. The van der Waals surface area contributed by atoms with Crippen LogP contribution in [0.5, 0.6) is 5.75 Å². The molecule has 2 aromatic heterocycles. The van der Waals surface area contributed by atoms with Crippen molar-refractivity contribution in [3.8, 4) is 34.2 Å². The lowest BCUT2D eigenvalue weighted by Crippen LogP contribution is -2.13. The van der Waals surface area contributed by atoms with E-state index < -0.39 is 5.41 Å². The number of aromatic amines is 1. The molecule has 0 aliphatic carbocycles. The Bertz CT molecular complexity index is 1510. The van der Waals surface area contributed by atoms with E-state index in [-0.39, 0.29) is 0 Å². The summed E-state index contributed by atoms with van der Waals surface area (Å²) < 4.78 is 5.68. The topological polar surface area (TPSA) is 74.6 Å². The van der Waals surface area contributed by atoms with Crippen molar-refractivity contribution in [1.82, 2.24) is 15.2 Å². The van der Waals surface area contributed by atoms with E-state index in [1.807, 2.05) is 69.4 Å². The van der Waals surface area contributed by atoms with Crippen LogP contribution in [0.1, 0.15) is 26.3 Å². The SMILES string of the molecule is CCOc1cccc(-c2ccc3ncc4[nH]nc(-c5ccc(C(C)(C)C#N)cc5)c4c3c2)c1. The van der Waals surface area contributed by atoms with E-state index in [2.05, 4.69) is 45.5 Å². The molecule has 5 nitrogen and oxygen atoms in total. The predicted molar refractivity (Wildman–Crippen MR) is 132 cm³/mol. The fourth-order valence-electron chi connectivity index (χ4n) is 4.13. The van der Waals surface area contributed by atoms with Gasteiger partial charge in [0.1, 0.15) is 11.4 Å². The van der Waals surface area contributed by atoms with E-state index in [0.717, 1.165) is 55.5 Å². The number of rotatable bonds is 5. The molecule has 3 aromatic carbocycles. The van der Waals surface area contributed by atoms with Gasteiger partial charge in [-0.05, 0) is 61.7 Å². The van der Waals surface area contributed by atoms with Crippen LogP contribution in [0.15, 0.2) is 72.9 Å². The van der Waals surface area contributed by atoms with Gasteiger partial charge in [-0.3, -0.25) is 10.1 Å². The maximum Gasteiger partial charge on any atom is 0.119 e. The lowest BCUT2D eigenvalue weighted by molar-refractivity contribution is 0.340. The van der Waals surface area contributed by atoms with Crippen LogP contribution in [0, 0.1) is 11.3 Å². The standard InChI is InChI=1S/C28H24N4O/c1-4-33-22-7-5-6-19(14-22)20-10-13-24-23(15-20)26-25(16-30-24)31-32-27(26)18-8-11-21(12-9-18)28(2,3)17-29/h5-16H,4H2,1-3H3,(H,31,32). The first-order chi connectivity index (χ1) is 16.0. The van der Waals surface area contributed by atoms with E-state index in [9.17, 15) is 5.26 Å². The predicted octanol–water partition coefficient (Wildman–Crippen LogP) is 6.64. The maximum atomic E-state index is 9.45. The number of hydrogen-bond donors (Lipinski definition) is 1. The Morgan fingerprint density at radius 2 is 1.73 bits per heavy atom. The molecule has 0 aliphatic rings. The van der Waals surface area contributed by atoms with Gasteiger partial charge in [0.05, 0.1) is 35.3 Å². The molecule has 2 heterocycles. The zero-order valence-corrected chi connectivity index (χ0v) is 18.9. The Labute approximate surface area is 192 Å². The first-order valence-electron chi connectivity index (χ1n) is 11.0. The van der Waals surface area contributed by atoms with Crippen LogP contribution in [0.25, 0.3) is 44.2 Å². The largest absolute Gasteiger partial charge is 0.494 e. The number of fused-ring (bicyclic) bond motifs is 3. The normalized spacial score (nSPS) is 11.6. The van der Waals surface area contributed by atoms with Crippen molar-refractivity contribution in [3.63, 3.8) is 0 Å². The molecular weight excluding hydrogens is 408 g/mol. The minimum atomic E-state index is -0.534. The highest BCUT2D eigenvalue weighted by Gasteiger charge is 2.20. The van der Waals surface area contributed by atoms with Gasteiger partial charge in [0.25, 0.3) is 0 Å². The molecule has 1 N–H and O–H groups in total. The minimum Gasteiger partial charge on any atom is -0.494 e. The molecule has 0 saturated carbocycles. The smallest absolute Gasteiger partial charge is 0.119 e. The summed E-state index contributed by atoms with van der Waals surface area (Å²) in [5.74, 6) is 0.857. The lowest BCUT2D eigenvalue weighted by atomic mass is 9.86. The highest BCUT2D eigenvalue weighted by Crippen LogP contribution is 2.35. The fraction of sp³-hybridized carbons (Fsp3) is 0.179. The Morgan fingerprint density at radius 3 is 2.48 bits per heavy atom. The summed E-state index contributed by atoms with van der Waals surface area (Å²) in [7, 11) is 0. The van der Waals surface area contributed by atoms with Crippen molar-refractivity contribution in [3.05, 3.63) is 78.5 Å². The zero-order valence-electron chi connectivity index (χ0n) is 18.9. The van der Waals surface area contributed by atoms with Gasteiger partial charge in [-0.25, -0.2) is 0 Å². The van der Waals surface area contributed by atoms with Crippen molar-refractivity contribution in [2.24, 2.45) is 0 Å². The van der Waals surface area contributed by atoms with Crippen LogP contribution in [-0.4, -0.2) is 21.8 Å². The highest BCUT2D eigenvalue weighted by molar-refractivity contribution is 6.11. The molecule has 5 heteroatoms. The molecule has 0 aliphatic heterocycles. The summed E-state index contributed by atoms with van der Waals surface area (Å²) in [6, 6.07) is 24.9. The van der Waals surface area contributed by atoms with Crippen LogP contribution < -0.4 is 4.74 Å². The summed E-state index contributed by atoms with van der Waals surface area (Å²) in [6.45, 7) is 6.47. The Kier molecular flexibility index (Phi) is 5.07. The van der Waals surface area contributed by atoms with E-state index in [1.165, 1.54) is 0 Å². The van der Waals surface area contributed by atoms with Gasteiger partial charge >= 0.3 is 0 Å². The van der Waals surface area contributed by atoms with Gasteiger partial charge < -0.3 is 4.74 Å². The quantitative estimate of drug-likeness (QED) is 0.338. The van der Waals surface area contributed by atoms with Crippen LogP contribution >= 0.6 is 0 Å². The summed E-state index contributed by atoms with van der Waals surface area (Å²) in [6.07, 6.45) is 1.83. The number of aromatic nitrogens is 3.